The van der Waals surface area contributed by atoms with Crippen LogP contribution in [0.1, 0.15) is 35.7 Å². The highest BCUT2D eigenvalue weighted by molar-refractivity contribution is 6.04. The minimum atomic E-state index is -0.415. The number of hydrogen-bond donors (Lipinski definition) is 2. The van der Waals surface area contributed by atoms with Crippen molar-refractivity contribution in [2.75, 3.05) is 19.5 Å². The first-order chi connectivity index (χ1) is 17.5. The summed E-state index contributed by atoms with van der Waals surface area (Å²) in [6.07, 6.45) is 3.39. The molecule has 0 bridgehead atoms. The first kappa shape index (κ1) is 24.7. The molecule has 1 aromatic heterocycles. The molecule has 0 saturated heterocycles. The van der Waals surface area contributed by atoms with Crippen molar-refractivity contribution in [3.8, 4) is 28.7 Å². The summed E-state index contributed by atoms with van der Waals surface area (Å²) in [5.74, 6) is 2.25. The predicted octanol–water partition coefficient (Wildman–Crippen LogP) is 5.57. The third kappa shape index (κ3) is 5.96. The fraction of sp³-hybridized carbons (Fsp3) is 0.214. The Hall–Kier alpha value is -4.46. The summed E-state index contributed by atoms with van der Waals surface area (Å²) in [6.45, 7) is 2.18. The lowest BCUT2D eigenvalue weighted by atomic mass is 10.1. The van der Waals surface area contributed by atoms with Crippen LogP contribution in [-0.4, -0.2) is 29.9 Å². The van der Waals surface area contributed by atoms with E-state index in [1.165, 1.54) is 43.4 Å². The maximum atomic E-state index is 12.9. The number of aryl methyl sites for hydroxylation is 1. The lowest BCUT2D eigenvalue weighted by molar-refractivity contribution is 0.102. The number of benzene rings is 3. The Morgan fingerprint density at radius 3 is 2.06 bits per heavy atom. The Kier molecular flexibility index (Phi) is 7.75. The van der Waals surface area contributed by atoms with E-state index in [2.05, 4.69) is 29.5 Å². The summed E-state index contributed by atoms with van der Waals surface area (Å²) in [6, 6.07) is 21.5. The summed E-state index contributed by atoms with van der Waals surface area (Å²) in [4.78, 5) is 25.0. The molecule has 4 aromatic rings. The van der Waals surface area contributed by atoms with E-state index in [1.54, 1.807) is 42.5 Å². The van der Waals surface area contributed by atoms with Crippen molar-refractivity contribution in [3.63, 3.8) is 0 Å². The van der Waals surface area contributed by atoms with E-state index in [9.17, 15) is 9.59 Å². The van der Waals surface area contributed by atoms with Gasteiger partial charge >= 0.3 is 0 Å². The third-order valence-corrected chi connectivity index (χ3v) is 5.66. The number of H-pyrrole nitrogens is 1. The molecule has 3 aromatic carbocycles. The zero-order valence-electron chi connectivity index (χ0n) is 20.5. The van der Waals surface area contributed by atoms with Gasteiger partial charge in [-0.05, 0) is 66.9 Å². The van der Waals surface area contributed by atoms with E-state index in [1.807, 2.05) is 12.1 Å². The minimum Gasteiger partial charge on any atom is -0.497 e. The molecule has 186 valence electrons. The van der Waals surface area contributed by atoms with Gasteiger partial charge in [0.05, 0.1) is 19.9 Å². The second kappa shape index (κ2) is 11.3. The maximum absolute atomic E-state index is 12.9. The van der Waals surface area contributed by atoms with Crippen molar-refractivity contribution in [3.05, 3.63) is 94.3 Å². The van der Waals surface area contributed by atoms with Crippen LogP contribution in [0.4, 0.5) is 5.82 Å². The van der Waals surface area contributed by atoms with Crippen molar-refractivity contribution < 1.29 is 19.0 Å². The molecule has 1 amide bonds. The first-order valence-corrected chi connectivity index (χ1v) is 11.7. The first-order valence-electron chi connectivity index (χ1n) is 11.7. The summed E-state index contributed by atoms with van der Waals surface area (Å²) in [7, 11) is 3.02. The lowest BCUT2D eigenvalue weighted by Crippen LogP contribution is -2.15. The van der Waals surface area contributed by atoms with Crippen LogP contribution in [0.3, 0.4) is 0 Å². The number of anilines is 1. The molecule has 0 aliphatic rings. The molecule has 4 rings (SSSR count). The molecule has 1 heterocycles. The van der Waals surface area contributed by atoms with Crippen molar-refractivity contribution in [1.82, 2.24) is 9.78 Å². The second-order valence-electron chi connectivity index (χ2n) is 8.24. The summed E-state index contributed by atoms with van der Waals surface area (Å²) < 4.78 is 17.9. The molecule has 0 saturated carbocycles. The zero-order valence-corrected chi connectivity index (χ0v) is 20.5. The number of carbonyl (C=O) groups excluding carboxylic acids is 1. The van der Waals surface area contributed by atoms with Crippen LogP contribution in [0.5, 0.6) is 23.0 Å². The predicted molar refractivity (Wildman–Crippen MR) is 139 cm³/mol. The Morgan fingerprint density at radius 2 is 1.47 bits per heavy atom. The van der Waals surface area contributed by atoms with Gasteiger partial charge in [0.1, 0.15) is 28.8 Å². The standard InChI is InChI=1S/C28H29N3O5/c1-4-5-6-19-7-11-22(12-8-19)36-23-13-9-21(10-14-23)31-26(18-27(32)30-31)29-28(33)20-15-24(34-2)17-25(16-20)35-3/h7-18H,4-6H2,1-3H3,(H,29,33)(H,30,32). The third-order valence-electron chi connectivity index (χ3n) is 5.66. The number of amides is 1. The van der Waals surface area contributed by atoms with Gasteiger partial charge in [-0.2, -0.15) is 0 Å². The van der Waals surface area contributed by atoms with E-state index >= 15 is 0 Å². The number of rotatable bonds is 10. The van der Waals surface area contributed by atoms with Crippen LogP contribution in [0.2, 0.25) is 0 Å². The highest BCUT2D eigenvalue weighted by atomic mass is 16.5. The SMILES string of the molecule is CCCCc1ccc(Oc2ccc(-n3[nH]c(=O)cc3NC(=O)c3cc(OC)cc(OC)c3)cc2)cc1. The molecule has 0 spiro atoms. The van der Waals surface area contributed by atoms with Crippen molar-refractivity contribution in [2.24, 2.45) is 0 Å². The van der Waals surface area contributed by atoms with Gasteiger partial charge in [-0.1, -0.05) is 25.5 Å². The highest BCUT2D eigenvalue weighted by Crippen LogP contribution is 2.26. The minimum absolute atomic E-state index is 0.295. The molecule has 0 radical (unpaired) electrons. The van der Waals surface area contributed by atoms with Crippen LogP contribution < -0.4 is 25.1 Å². The van der Waals surface area contributed by atoms with Crippen LogP contribution in [0.15, 0.2) is 77.6 Å². The van der Waals surface area contributed by atoms with Crippen molar-refractivity contribution in [1.29, 1.82) is 0 Å². The monoisotopic (exact) mass is 487 g/mol. The van der Waals surface area contributed by atoms with Gasteiger partial charge in [0.15, 0.2) is 0 Å². The van der Waals surface area contributed by atoms with Crippen LogP contribution in [0.25, 0.3) is 5.69 Å². The van der Waals surface area contributed by atoms with Crippen molar-refractivity contribution >= 4 is 11.7 Å². The number of nitrogens with one attached hydrogen (secondary N) is 2. The van der Waals surface area contributed by atoms with Crippen LogP contribution >= 0.6 is 0 Å². The van der Waals surface area contributed by atoms with Gasteiger partial charge in [0.25, 0.3) is 11.5 Å². The molecule has 0 atom stereocenters. The molecule has 8 nitrogen and oxygen atoms in total. The number of carbonyl (C=O) groups is 1. The number of ether oxygens (including phenoxy) is 3. The molecule has 36 heavy (non-hydrogen) atoms. The zero-order chi connectivity index (χ0) is 25.5. The largest absolute Gasteiger partial charge is 0.497 e. The summed E-state index contributed by atoms with van der Waals surface area (Å²) in [5, 5.41) is 5.48. The van der Waals surface area contributed by atoms with Gasteiger partial charge in [0.2, 0.25) is 0 Å². The Balaban J connectivity index is 1.49. The number of hydrogen-bond acceptors (Lipinski definition) is 5. The highest BCUT2D eigenvalue weighted by Gasteiger charge is 2.14. The molecule has 8 heteroatoms. The van der Waals surface area contributed by atoms with Gasteiger partial charge in [-0.15, -0.1) is 0 Å². The van der Waals surface area contributed by atoms with E-state index < -0.39 is 5.91 Å². The number of nitrogens with zero attached hydrogens (tertiary/aromatic N) is 1. The van der Waals surface area contributed by atoms with E-state index in [-0.39, 0.29) is 5.56 Å². The van der Waals surface area contributed by atoms with Gasteiger partial charge < -0.3 is 19.5 Å². The average Bonchev–Trinajstić information content (AvgIpc) is 3.27. The van der Waals surface area contributed by atoms with Crippen LogP contribution in [0, 0.1) is 0 Å². The Morgan fingerprint density at radius 1 is 0.861 bits per heavy atom. The molecule has 0 fully saturated rings. The number of aromatic nitrogens is 2. The summed E-state index contributed by atoms with van der Waals surface area (Å²) >= 11 is 0. The smallest absolute Gasteiger partial charge is 0.266 e. The fourth-order valence-corrected chi connectivity index (χ4v) is 3.72. The summed E-state index contributed by atoms with van der Waals surface area (Å²) in [5.41, 5.74) is 1.92. The molecule has 0 aliphatic carbocycles. The number of methoxy groups -OCH3 is 2. The van der Waals surface area contributed by atoms with Gasteiger partial charge in [0, 0.05) is 17.7 Å². The topological polar surface area (TPSA) is 94.6 Å². The van der Waals surface area contributed by atoms with Crippen molar-refractivity contribution in [2.45, 2.75) is 26.2 Å². The number of aromatic amines is 1. The fourth-order valence-electron chi connectivity index (χ4n) is 3.72. The van der Waals surface area contributed by atoms with Gasteiger partial charge in [-0.3, -0.25) is 14.7 Å². The quantitative estimate of drug-likeness (QED) is 0.305. The second-order valence-corrected chi connectivity index (χ2v) is 8.24. The molecule has 0 unspecified atom stereocenters. The molecule has 2 N–H and O–H groups in total. The lowest BCUT2D eigenvalue weighted by Gasteiger charge is -2.12. The Bertz CT molecular complexity index is 1350. The Labute approximate surface area is 209 Å². The van der Waals surface area contributed by atoms with E-state index in [0.29, 0.717) is 34.3 Å². The average molecular weight is 488 g/mol. The van der Waals surface area contributed by atoms with Gasteiger partial charge in [-0.25, -0.2) is 4.68 Å². The van der Waals surface area contributed by atoms with E-state index in [0.717, 1.165) is 12.2 Å². The molecular weight excluding hydrogens is 458 g/mol. The number of unbranched alkanes of at least 4 members (excludes halogenated alkanes) is 1. The molecule has 0 aliphatic heterocycles. The maximum Gasteiger partial charge on any atom is 0.266 e. The molecular formula is C28H29N3O5. The van der Waals surface area contributed by atoms with Crippen LogP contribution in [-0.2, 0) is 6.42 Å². The normalized spacial score (nSPS) is 10.6. The van der Waals surface area contributed by atoms with E-state index in [4.69, 9.17) is 14.2 Å².